The summed E-state index contributed by atoms with van der Waals surface area (Å²) in [6.07, 6.45) is 14.9. The highest BCUT2D eigenvalue weighted by molar-refractivity contribution is 7.15. The molecule has 2 aliphatic rings. The number of aliphatic imine (C=N–C) groups is 1. The molecule has 4 aromatic carbocycles. The molecule has 0 aliphatic carbocycles. The van der Waals surface area contributed by atoms with Crippen LogP contribution in [0, 0.1) is 39.5 Å². The van der Waals surface area contributed by atoms with Crippen molar-refractivity contribution in [2.24, 2.45) is 21.9 Å². The quantitative estimate of drug-likeness (QED) is 0.0565. The van der Waals surface area contributed by atoms with Crippen LogP contribution in [0.4, 0.5) is 0 Å². The Morgan fingerprint density at radius 3 is 1.13 bits per heavy atom. The van der Waals surface area contributed by atoms with E-state index in [1.165, 1.54) is 36.5 Å². The summed E-state index contributed by atoms with van der Waals surface area (Å²) in [5.74, 6) is 13.1. The molecule has 0 radical (unpaired) electrons. The number of hydrogen-bond acceptors (Lipinski definition) is 27. The largest absolute Gasteiger partial charge is 0.340 e. The Kier molecular flexibility index (Phi) is 37.3. The van der Waals surface area contributed by atoms with E-state index in [1.54, 1.807) is 53.7 Å². The Bertz CT molecular complexity index is 5130. The minimum absolute atomic E-state index is 0.0235. The fourth-order valence-electron chi connectivity index (χ4n) is 11.2. The van der Waals surface area contributed by atoms with Crippen LogP contribution in [0.25, 0.3) is 78.0 Å². The molecule has 0 amide bonds. The van der Waals surface area contributed by atoms with E-state index in [0.29, 0.717) is 65.3 Å². The SMILES string of the molecule is CC(C)C1=NC(c2ccncc2)NN1.CC(C)C1=NNC(C)N1C.CC(C)c1nc(-c2ccccc2)n[nH]1.CC(C)c1noc(-c2ccccc2)n1.CC(C)c1noc(-c2ccncc2)n1.Cc1ccc(-c2cnc(C(C)C)s2)cc1.Cc1ccc(-c2cnc(C(C)C)s2)cn1.Cc1ccc(-c2n[nH]c(C(C)C)n2)cc1.Cc1ccc(-c2nc(C(C)C)no2)cn1. The smallest absolute Gasteiger partial charge is 0.259 e. The van der Waals surface area contributed by atoms with Crippen molar-refractivity contribution in [3.05, 3.63) is 275 Å². The molecule has 5 N–H and O–H groups in total. The van der Waals surface area contributed by atoms with Crippen molar-refractivity contribution in [3.8, 4) is 78.0 Å². The highest BCUT2D eigenvalue weighted by Gasteiger charge is 2.23. The molecule has 15 aromatic rings. The van der Waals surface area contributed by atoms with E-state index in [0.717, 1.165) is 103 Å². The first-order chi connectivity index (χ1) is 60.4. The van der Waals surface area contributed by atoms with Gasteiger partial charge in [0.25, 0.3) is 17.7 Å². The van der Waals surface area contributed by atoms with Crippen molar-refractivity contribution in [1.29, 1.82) is 0 Å². The minimum Gasteiger partial charge on any atom is -0.340 e. The van der Waals surface area contributed by atoms with Crippen molar-refractivity contribution in [2.75, 3.05) is 7.05 Å². The number of benzene rings is 4. The molecule has 27 nitrogen and oxygen atoms in total. The second-order valence-corrected chi connectivity index (χ2v) is 35.0. The summed E-state index contributed by atoms with van der Waals surface area (Å²) in [7, 11) is 2.06. The van der Waals surface area contributed by atoms with Gasteiger partial charge < -0.3 is 23.9 Å². The third kappa shape index (κ3) is 30.0. The van der Waals surface area contributed by atoms with Crippen molar-refractivity contribution in [3.63, 3.8) is 0 Å². The number of H-pyrrole nitrogens is 2. The Labute approximate surface area is 749 Å². The zero-order chi connectivity index (χ0) is 90.9. The van der Waals surface area contributed by atoms with E-state index in [9.17, 15) is 0 Å². The highest BCUT2D eigenvalue weighted by Crippen LogP contribution is 2.32. The number of rotatable bonds is 17. The maximum absolute atomic E-state index is 5.15. The normalized spacial score (nSPS) is 13.1. The summed E-state index contributed by atoms with van der Waals surface area (Å²) in [5.41, 5.74) is 22.2. The van der Waals surface area contributed by atoms with E-state index in [4.69, 9.17) is 13.6 Å². The first kappa shape index (κ1) is 97.0. The van der Waals surface area contributed by atoms with Gasteiger partial charge in [0.15, 0.2) is 29.1 Å². The third-order valence-electron chi connectivity index (χ3n) is 19.0. The molecule has 0 fully saturated rings. The number of hydrazine groups is 1. The summed E-state index contributed by atoms with van der Waals surface area (Å²) >= 11 is 3.54. The van der Waals surface area contributed by atoms with E-state index in [-0.39, 0.29) is 18.0 Å². The summed E-state index contributed by atoms with van der Waals surface area (Å²) in [6.45, 7) is 48.0. The van der Waals surface area contributed by atoms with Crippen molar-refractivity contribution >= 4 is 34.3 Å². The van der Waals surface area contributed by atoms with Gasteiger partial charge in [-0.15, -0.1) is 22.7 Å². The van der Waals surface area contributed by atoms with E-state index in [1.807, 2.05) is 189 Å². The van der Waals surface area contributed by atoms with Crippen molar-refractivity contribution in [1.82, 2.24) is 112 Å². The number of amidine groups is 2. The Morgan fingerprint density at radius 2 is 0.770 bits per heavy atom. The van der Waals surface area contributed by atoms with Crippen LogP contribution < -0.4 is 16.3 Å². The Hall–Kier alpha value is -12.9. The van der Waals surface area contributed by atoms with Gasteiger partial charge >= 0.3 is 0 Å². The predicted molar refractivity (Wildman–Crippen MR) is 507 cm³/mol. The van der Waals surface area contributed by atoms with Crippen LogP contribution in [0.3, 0.4) is 0 Å². The van der Waals surface area contributed by atoms with Crippen molar-refractivity contribution in [2.45, 2.75) is 213 Å². The molecule has 29 heteroatoms. The molecule has 11 aromatic heterocycles. The molecule has 2 unspecified atom stereocenters. The van der Waals surface area contributed by atoms with Gasteiger partial charge in [-0.05, 0) is 100 Å². The van der Waals surface area contributed by atoms with Crippen LogP contribution in [0.2, 0.25) is 0 Å². The van der Waals surface area contributed by atoms with Gasteiger partial charge in [-0.3, -0.25) is 35.6 Å². The number of hydrazone groups is 1. The van der Waals surface area contributed by atoms with Gasteiger partial charge in [-0.25, -0.2) is 30.4 Å². The zero-order valence-electron chi connectivity index (χ0n) is 77.0. The second kappa shape index (κ2) is 48.4. The van der Waals surface area contributed by atoms with Crippen LogP contribution in [0.5, 0.6) is 0 Å². The van der Waals surface area contributed by atoms with Gasteiger partial charge in [0, 0.05) is 149 Å². The van der Waals surface area contributed by atoms with Gasteiger partial charge in [-0.1, -0.05) is 254 Å². The molecular formula is C97H122N24O3S2. The molecule has 2 aliphatic heterocycles. The average Bonchev–Trinajstić information content (AvgIpc) is 1.72. The van der Waals surface area contributed by atoms with Crippen LogP contribution >= 0.6 is 22.7 Å². The lowest BCUT2D eigenvalue weighted by Gasteiger charge is -2.20. The molecule has 660 valence electrons. The number of pyridine rings is 4. The van der Waals surface area contributed by atoms with Gasteiger partial charge in [0.05, 0.1) is 25.3 Å². The Balaban J connectivity index is 0.000000161. The Morgan fingerprint density at radius 1 is 0.373 bits per heavy atom. The van der Waals surface area contributed by atoms with E-state index < -0.39 is 0 Å². The number of nitrogens with one attached hydrogen (secondary N) is 5. The molecule has 0 saturated heterocycles. The maximum Gasteiger partial charge on any atom is 0.259 e. The lowest BCUT2D eigenvalue weighted by molar-refractivity contribution is 0.367. The molecule has 0 saturated carbocycles. The van der Waals surface area contributed by atoms with E-state index in [2.05, 4.69) is 275 Å². The first-order valence-corrected chi connectivity index (χ1v) is 44.3. The molecule has 0 spiro atoms. The lowest BCUT2D eigenvalue weighted by Crippen LogP contribution is -2.35. The number of aryl methyl sites for hydroxylation is 4. The first-order valence-electron chi connectivity index (χ1n) is 42.7. The summed E-state index contributed by atoms with van der Waals surface area (Å²) in [6, 6.07) is 52.2. The topological polar surface area (TPSA) is 341 Å². The predicted octanol–water partition coefficient (Wildman–Crippen LogP) is 23.1. The summed E-state index contributed by atoms with van der Waals surface area (Å²) in [5, 5.41) is 32.6. The minimum atomic E-state index is 0.0235. The monoisotopic (exact) mass is 1730 g/mol. The molecular weight excluding hydrogens is 1610 g/mol. The second-order valence-electron chi connectivity index (χ2n) is 32.9. The van der Waals surface area contributed by atoms with Crippen LogP contribution in [-0.4, -0.2) is 120 Å². The van der Waals surface area contributed by atoms with Crippen LogP contribution in [0.1, 0.15) is 246 Å². The molecule has 126 heavy (non-hydrogen) atoms. The number of thiazole rings is 2. The molecule has 2 atom stereocenters. The average molecular weight is 1740 g/mol. The number of hydrogen-bond donors (Lipinski definition) is 5. The van der Waals surface area contributed by atoms with Crippen molar-refractivity contribution < 1.29 is 13.6 Å². The zero-order valence-corrected chi connectivity index (χ0v) is 78.7. The highest BCUT2D eigenvalue weighted by atomic mass is 32.1. The van der Waals surface area contributed by atoms with Gasteiger partial charge in [-0.2, -0.15) is 30.3 Å². The number of nitrogens with zero attached hydrogens (tertiary/aromatic N) is 19. The van der Waals surface area contributed by atoms with Crippen LogP contribution in [0.15, 0.2) is 231 Å². The molecule has 13 heterocycles. The fourth-order valence-corrected chi connectivity index (χ4v) is 13.0. The lowest BCUT2D eigenvalue weighted by atomic mass is 10.1. The van der Waals surface area contributed by atoms with Crippen LogP contribution in [-0.2, 0) is 0 Å². The maximum atomic E-state index is 5.15. The van der Waals surface area contributed by atoms with Gasteiger partial charge in [0.2, 0.25) is 0 Å². The standard InChI is InChI=1S/C13H15NS.C12H15N3.C12H14N2S.C11H13N3O.C11H13N3.C11H12N2O.C10H14N4.C10H11N3O.C7H15N3/c1-9(2)13-14-8-12(15-13)11-6-4-10(3)5-7-11;1-8(2)11-13-12(15-14-11)10-6-4-9(3)5-7-10;1-8(2)12-14-7-11(15-12)10-5-4-9(3)13-6-10;1-7(2)10-13-11(15-14-10)9-5-4-8(3)12-6-9;2*1-8(2)10-12-11(14-13-10)9-6-4-3-5-7-9;2*1-7(2)9-12-10(14-13-9)8-3-5-11-6-4-8;1-5(2)7-9-8-6(3)10(7)4/h4-9H,1-3H3;4-8H,1-3H3,(H,13,14,15);4-8H,1-3H3;4-7H,1-3H3;3-8H,1-2H3,(H,12,13,14);3-8H,1-2H3;3-7,10,14H,1-2H3,(H,12,13);3-7H,1-2H3;5-6,8H,1-4H3. The molecule has 0 bridgehead atoms. The van der Waals surface area contributed by atoms with E-state index >= 15 is 0 Å². The fraction of sp³-hybridized carbons (Fsp3) is 0.361. The number of aromatic nitrogens is 18. The third-order valence-corrected chi connectivity index (χ3v) is 21.7. The summed E-state index contributed by atoms with van der Waals surface area (Å²) in [4.78, 5) is 56.1. The molecule has 17 rings (SSSR count). The van der Waals surface area contributed by atoms with Gasteiger partial charge in [0.1, 0.15) is 35.7 Å². The number of aromatic amines is 2. The summed E-state index contributed by atoms with van der Waals surface area (Å²) < 4.78 is 15.4.